The minimum Gasteiger partial charge on any atom is -0.486 e. The van der Waals surface area contributed by atoms with Crippen molar-refractivity contribution in [1.82, 2.24) is 14.2 Å². The van der Waals surface area contributed by atoms with E-state index in [2.05, 4.69) is 22.9 Å². The van der Waals surface area contributed by atoms with Crippen molar-refractivity contribution in [2.24, 2.45) is 0 Å². The first-order chi connectivity index (χ1) is 13.7. The van der Waals surface area contributed by atoms with Gasteiger partial charge in [0.05, 0.1) is 0 Å². The third-order valence-corrected chi connectivity index (χ3v) is 5.75. The Balaban J connectivity index is 1.52. The molecule has 2 aromatic carbocycles. The highest BCUT2D eigenvalue weighted by molar-refractivity contribution is 6.30. The zero-order chi connectivity index (χ0) is 19.1. The van der Waals surface area contributed by atoms with Crippen molar-refractivity contribution >= 4 is 28.8 Å². The molecule has 0 atom stereocenters. The number of rotatable bonds is 4. The Morgan fingerprint density at radius 3 is 2.39 bits per heavy atom. The quantitative estimate of drug-likeness (QED) is 0.410. The summed E-state index contributed by atoms with van der Waals surface area (Å²) in [6.07, 6.45) is 5.48. The van der Waals surface area contributed by atoms with Gasteiger partial charge in [-0.05, 0) is 61.2 Å². The second kappa shape index (κ2) is 7.19. The number of hydrogen-bond acceptors (Lipinski definition) is 2. The van der Waals surface area contributed by atoms with E-state index in [-0.39, 0.29) is 0 Å². The number of aromatic nitrogens is 3. The van der Waals surface area contributed by atoms with Crippen LogP contribution in [0.4, 0.5) is 0 Å². The molecule has 0 saturated heterocycles. The second-order valence-electron chi connectivity index (χ2n) is 7.06. The zero-order valence-corrected chi connectivity index (χ0v) is 16.7. The molecule has 0 saturated carbocycles. The van der Waals surface area contributed by atoms with Crippen molar-refractivity contribution in [2.75, 3.05) is 0 Å². The van der Waals surface area contributed by atoms with Crippen molar-refractivity contribution < 1.29 is 4.74 Å². The van der Waals surface area contributed by atoms with Crippen LogP contribution in [-0.4, -0.2) is 14.2 Å². The molecule has 0 radical (unpaired) electrons. The highest BCUT2D eigenvalue weighted by Crippen LogP contribution is 2.33. The molecule has 4 nitrogen and oxygen atoms in total. The van der Waals surface area contributed by atoms with Gasteiger partial charge < -0.3 is 9.30 Å². The molecule has 142 valence electrons. The molecule has 3 heterocycles. The molecule has 1 aliphatic heterocycles. The summed E-state index contributed by atoms with van der Waals surface area (Å²) < 4.78 is 10.3. The summed E-state index contributed by atoms with van der Waals surface area (Å²) >= 11 is 12.0. The predicted molar refractivity (Wildman–Crippen MR) is 112 cm³/mol. The van der Waals surface area contributed by atoms with E-state index >= 15 is 0 Å². The van der Waals surface area contributed by atoms with Crippen LogP contribution >= 0.6 is 23.2 Å². The maximum atomic E-state index is 6.06. The smallest absolute Gasteiger partial charge is 0.169 e. The Kier molecular flexibility index (Phi) is 4.53. The third kappa shape index (κ3) is 3.17. The normalized spacial score (nSPS) is 13.6. The summed E-state index contributed by atoms with van der Waals surface area (Å²) in [5.41, 5.74) is 4.94. The molecule has 4 aromatic rings. The van der Waals surface area contributed by atoms with Crippen LogP contribution in [0, 0.1) is 0 Å². The maximum absolute atomic E-state index is 6.06. The average Bonchev–Trinajstić information content (AvgIpc) is 3.12. The first-order valence-corrected chi connectivity index (χ1v) is 10.2. The summed E-state index contributed by atoms with van der Waals surface area (Å²) in [4.78, 5) is 0. The fourth-order valence-corrected chi connectivity index (χ4v) is 4.15. The molecule has 28 heavy (non-hydrogen) atoms. The Bertz CT molecular complexity index is 1130. The molecule has 0 N–H and O–H groups in total. The predicted octanol–water partition coefficient (Wildman–Crippen LogP) is 6.02. The minimum atomic E-state index is 0.430. The Morgan fingerprint density at radius 1 is 0.929 bits per heavy atom. The van der Waals surface area contributed by atoms with Gasteiger partial charge in [-0.1, -0.05) is 35.3 Å². The van der Waals surface area contributed by atoms with Gasteiger partial charge in [-0.15, -0.1) is 5.10 Å². The number of benzene rings is 2. The van der Waals surface area contributed by atoms with Gasteiger partial charge in [0, 0.05) is 33.9 Å². The standard InChI is InChI=1S/C22H19Cl2N3O/c23-16-6-4-15(5-7-16)20-13-27-22-19(20)3-1-2-12-26(22)21(25-27)14-28-18-10-8-17(24)9-11-18/h4-11,13H,1-3,12,14H2. The van der Waals surface area contributed by atoms with Gasteiger partial charge in [0.25, 0.3) is 0 Å². The van der Waals surface area contributed by atoms with Crippen LogP contribution in [0.1, 0.15) is 24.2 Å². The van der Waals surface area contributed by atoms with Crippen molar-refractivity contribution in [3.05, 3.63) is 76.2 Å². The van der Waals surface area contributed by atoms with Crippen molar-refractivity contribution in [2.45, 2.75) is 32.4 Å². The van der Waals surface area contributed by atoms with E-state index in [0.29, 0.717) is 11.6 Å². The van der Waals surface area contributed by atoms with Gasteiger partial charge in [-0.25, -0.2) is 4.52 Å². The van der Waals surface area contributed by atoms with Crippen LogP contribution < -0.4 is 4.74 Å². The molecule has 0 aliphatic carbocycles. The minimum absolute atomic E-state index is 0.430. The molecule has 2 aromatic heterocycles. The van der Waals surface area contributed by atoms with E-state index in [9.17, 15) is 0 Å². The molecule has 0 spiro atoms. The van der Waals surface area contributed by atoms with Crippen LogP contribution in [0.25, 0.3) is 16.8 Å². The molecule has 1 aliphatic rings. The zero-order valence-electron chi connectivity index (χ0n) is 15.2. The first-order valence-electron chi connectivity index (χ1n) is 9.43. The van der Waals surface area contributed by atoms with Gasteiger partial charge in [0.1, 0.15) is 18.0 Å². The van der Waals surface area contributed by atoms with Gasteiger partial charge in [0.2, 0.25) is 0 Å². The lowest BCUT2D eigenvalue weighted by atomic mass is 10.0. The van der Waals surface area contributed by atoms with Crippen molar-refractivity contribution in [1.29, 1.82) is 0 Å². The van der Waals surface area contributed by atoms with E-state index in [1.165, 1.54) is 28.8 Å². The molecular formula is C22H19Cl2N3O. The van der Waals surface area contributed by atoms with Crippen molar-refractivity contribution in [3.63, 3.8) is 0 Å². The summed E-state index contributed by atoms with van der Waals surface area (Å²) in [5.74, 6) is 1.73. The van der Waals surface area contributed by atoms with E-state index in [0.717, 1.165) is 36.0 Å². The van der Waals surface area contributed by atoms with E-state index in [4.69, 9.17) is 33.0 Å². The van der Waals surface area contributed by atoms with E-state index in [1.54, 1.807) is 0 Å². The maximum Gasteiger partial charge on any atom is 0.169 e. The molecule has 6 heteroatoms. The molecular weight excluding hydrogens is 393 g/mol. The Labute approximate surface area is 173 Å². The first kappa shape index (κ1) is 17.7. The number of ether oxygens (including phenoxy) is 1. The molecule has 0 unspecified atom stereocenters. The fraction of sp³-hybridized carbons (Fsp3) is 0.227. The van der Waals surface area contributed by atoms with Crippen LogP contribution in [0.2, 0.25) is 10.0 Å². The lowest BCUT2D eigenvalue weighted by Gasteiger charge is -2.08. The van der Waals surface area contributed by atoms with E-state index in [1.807, 2.05) is 40.9 Å². The van der Waals surface area contributed by atoms with Crippen molar-refractivity contribution in [3.8, 4) is 16.9 Å². The number of nitrogens with zero attached hydrogens (tertiary/aromatic N) is 3. The van der Waals surface area contributed by atoms with Crippen LogP contribution in [-0.2, 0) is 19.6 Å². The number of aryl methyl sites for hydroxylation is 2. The highest BCUT2D eigenvalue weighted by atomic mass is 35.5. The van der Waals surface area contributed by atoms with Gasteiger partial charge in [-0.2, -0.15) is 0 Å². The van der Waals surface area contributed by atoms with Gasteiger partial charge >= 0.3 is 0 Å². The van der Waals surface area contributed by atoms with Crippen LogP contribution in [0.5, 0.6) is 5.75 Å². The average molecular weight is 412 g/mol. The van der Waals surface area contributed by atoms with Gasteiger partial charge in [-0.3, -0.25) is 0 Å². The number of hydrogen-bond donors (Lipinski definition) is 0. The summed E-state index contributed by atoms with van der Waals surface area (Å²) in [6, 6.07) is 15.5. The SMILES string of the molecule is Clc1ccc(OCc2nn3cc(-c4ccc(Cl)cc4)c4c3n2CCCC4)cc1. The lowest BCUT2D eigenvalue weighted by Crippen LogP contribution is -2.07. The largest absolute Gasteiger partial charge is 0.486 e. The molecule has 5 rings (SSSR count). The van der Waals surface area contributed by atoms with Crippen LogP contribution in [0.3, 0.4) is 0 Å². The lowest BCUT2D eigenvalue weighted by molar-refractivity contribution is 0.288. The Hall–Kier alpha value is -2.43. The van der Waals surface area contributed by atoms with Gasteiger partial charge in [0.15, 0.2) is 5.82 Å². The topological polar surface area (TPSA) is 31.5 Å². The molecule has 0 amide bonds. The van der Waals surface area contributed by atoms with E-state index < -0.39 is 0 Å². The fourth-order valence-electron chi connectivity index (χ4n) is 3.90. The molecule has 0 bridgehead atoms. The summed E-state index contributed by atoms with van der Waals surface area (Å²) in [6.45, 7) is 1.39. The monoisotopic (exact) mass is 411 g/mol. The summed E-state index contributed by atoms with van der Waals surface area (Å²) in [7, 11) is 0. The van der Waals surface area contributed by atoms with Crippen LogP contribution in [0.15, 0.2) is 54.7 Å². The molecule has 0 fully saturated rings. The number of halogens is 2. The second-order valence-corrected chi connectivity index (χ2v) is 7.94. The third-order valence-electron chi connectivity index (χ3n) is 5.25. The summed E-state index contributed by atoms with van der Waals surface area (Å²) in [5, 5.41) is 6.28. The highest BCUT2D eigenvalue weighted by Gasteiger charge is 2.22. The Morgan fingerprint density at radius 2 is 1.64 bits per heavy atom.